The number of aromatic nitrogens is 2. The molecular formula is C10H8F3N3O2S. The first-order valence-electron chi connectivity index (χ1n) is 4.95. The van der Waals surface area contributed by atoms with E-state index in [1.807, 2.05) is 0 Å². The van der Waals surface area contributed by atoms with Gasteiger partial charge in [0.25, 0.3) is 9.84 Å². The van der Waals surface area contributed by atoms with Crippen LogP contribution < -0.4 is 5.73 Å². The van der Waals surface area contributed by atoms with Crippen molar-refractivity contribution in [3.63, 3.8) is 0 Å². The van der Waals surface area contributed by atoms with Gasteiger partial charge in [-0.3, -0.25) is 0 Å². The smallest absolute Gasteiger partial charge is 0.382 e. The summed E-state index contributed by atoms with van der Waals surface area (Å²) in [6.07, 6.45) is 1.50. The minimum absolute atomic E-state index is 0.243. The maximum atomic E-state index is 12.3. The van der Waals surface area contributed by atoms with E-state index >= 15 is 0 Å². The fourth-order valence-electron chi connectivity index (χ4n) is 1.39. The van der Waals surface area contributed by atoms with Crippen LogP contribution in [0.15, 0.2) is 41.4 Å². The molecule has 0 fully saturated rings. The van der Waals surface area contributed by atoms with Crippen LogP contribution in [0, 0.1) is 0 Å². The second-order valence-corrected chi connectivity index (χ2v) is 5.57. The van der Waals surface area contributed by atoms with Gasteiger partial charge in [-0.15, -0.1) is 0 Å². The van der Waals surface area contributed by atoms with Gasteiger partial charge >= 0.3 is 5.51 Å². The van der Waals surface area contributed by atoms with E-state index < -0.39 is 20.2 Å². The van der Waals surface area contributed by atoms with Gasteiger partial charge in [0.15, 0.2) is 0 Å². The molecule has 2 N–H and O–H groups in total. The average Bonchev–Trinajstić information content (AvgIpc) is 2.74. The molecule has 5 nitrogen and oxygen atoms in total. The molecule has 0 saturated heterocycles. The zero-order valence-electron chi connectivity index (χ0n) is 9.29. The molecular weight excluding hydrogens is 283 g/mol. The molecule has 0 saturated carbocycles. The largest absolute Gasteiger partial charge is 0.501 e. The van der Waals surface area contributed by atoms with Crippen molar-refractivity contribution in [1.82, 2.24) is 9.78 Å². The van der Waals surface area contributed by atoms with Crippen molar-refractivity contribution in [3.8, 4) is 5.69 Å². The quantitative estimate of drug-likeness (QED) is 0.914. The Kier molecular flexibility index (Phi) is 3.01. The SMILES string of the molecule is Nc1ccn(-c2ccc(S(=O)(=O)C(F)(F)F)cc2)n1. The van der Waals surface area contributed by atoms with Crippen LogP contribution in [0.5, 0.6) is 0 Å². The zero-order valence-corrected chi connectivity index (χ0v) is 10.1. The summed E-state index contributed by atoms with van der Waals surface area (Å²) < 4.78 is 60.6. The normalized spacial score (nSPS) is 12.6. The van der Waals surface area contributed by atoms with E-state index in [0.29, 0.717) is 5.69 Å². The fraction of sp³-hybridized carbons (Fsp3) is 0.100. The lowest BCUT2D eigenvalue weighted by molar-refractivity contribution is -0.0436. The number of halogens is 3. The molecule has 19 heavy (non-hydrogen) atoms. The molecule has 1 heterocycles. The van der Waals surface area contributed by atoms with E-state index in [0.717, 1.165) is 12.1 Å². The summed E-state index contributed by atoms with van der Waals surface area (Å²) in [5.41, 5.74) is 0.482. The number of benzene rings is 1. The zero-order chi connectivity index (χ0) is 14.3. The number of rotatable bonds is 2. The maximum Gasteiger partial charge on any atom is 0.501 e. The Morgan fingerprint density at radius 2 is 1.68 bits per heavy atom. The molecule has 0 spiro atoms. The number of anilines is 1. The highest BCUT2D eigenvalue weighted by Gasteiger charge is 2.46. The number of nitrogens with two attached hydrogens (primary N) is 1. The van der Waals surface area contributed by atoms with Crippen molar-refractivity contribution in [3.05, 3.63) is 36.5 Å². The number of hydrogen-bond donors (Lipinski definition) is 1. The van der Waals surface area contributed by atoms with E-state index in [1.54, 1.807) is 0 Å². The topological polar surface area (TPSA) is 78.0 Å². The molecule has 2 aromatic rings. The van der Waals surface area contributed by atoms with E-state index in [2.05, 4.69) is 5.10 Å². The number of nitrogens with zero attached hydrogens (tertiary/aromatic N) is 2. The molecule has 0 aliphatic rings. The second kappa shape index (κ2) is 4.26. The highest BCUT2D eigenvalue weighted by molar-refractivity contribution is 7.92. The van der Waals surface area contributed by atoms with Gasteiger partial charge in [0, 0.05) is 12.3 Å². The maximum absolute atomic E-state index is 12.3. The minimum atomic E-state index is -5.32. The third kappa shape index (κ3) is 2.41. The first-order chi connectivity index (χ1) is 8.72. The molecule has 0 aliphatic carbocycles. The van der Waals surface area contributed by atoms with Crippen LogP contribution >= 0.6 is 0 Å². The molecule has 102 valence electrons. The van der Waals surface area contributed by atoms with Crippen LogP contribution in [-0.4, -0.2) is 23.7 Å². The molecule has 1 aromatic heterocycles. The number of hydrogen-bond acceptors (Lipinski definition) is 4. The van der Waals surface area contributed by atoms with Gasteiger partial charge in [0.1, 0.15) is 5.82 Å². The van der Waals surface area contributed by atoms with Gasteiger partial charge < -0.3 is 5.73 Å². The van der Waals surface area contributed by atoms with E-state index in [-0.39, 0.29) is 5.82 Å². The van der Waals surface area contributed by atoms with Crippen LogP contribution in [0.25, 0.3) is 5.69 Å². The number of sulfone groups is 1. The first kappa shape index (κ1) is 13.4. The van der Waals surface area contributed by atoms with Crippen molar-refractivity contribution in [1.29, 1.82) is 0 Å². The third-order valence-electron chi connectivity index (χ3n) is 2.33. The van der Waals surface area contributed by atoms with Crippen LogP contribution in [0.4, 0.5) is 19.0 Å². The second-order valence-electron chi connectivity index (χ2n) is 3.63. The summed E-state index contributed by atoms with van der Waals surface area (Å²) >= 11 is 0. The average molecular weight is 291 g/mol. The van der Waals surface area contributed by atoms with Gasteiger partial charge in [-0.1, -0.05) is 0 Å². The van der Waals surface area contributed by atoms with E-state index in [9.17, 15) is 21.6 Å². The summed E-state index contributed by atoms with van der Waals surface area (Å²) in [5, 5.41) is 3.84. The predicted molar refractivity (Wildman–Crippen MR) is 61.2 cm³/mol. The minimum Gasteiger partial charge on any atom is -0.382 e. The molecule has 0 aliphatic heterocycles. The molecule has 0 bridgehead atoms. The van der Waals surface area contributed by atoms with Gasteiger partial charge in [-0.25, -0.2) is 13.1 Å². The Morgan fingerprint density at radius 3 is 2.11 bits per heavy atom. The summed E-state index contributed by atoms with van der Waals surface area (Å²) in [6, 6.07) is 5.67. The molecule has 9 heteroatoms. The summed E-state index contributed by atoms with van der Waals surface area (Å²) in [7, 11) is -5.32. The van der Waals surface area contributed by atoms with Crippen LogP contribution in [0.3, 0.4) is 0 Å². The van der Waals surface area contributed by atoms with Crippen molar-refractivity contribution in [2.24, 2.45) is 0 Å². The third-order valence-corrected chi connectivity index (χ3v) is 3.83. The molecule has 2 rings (SSSR count). The van der Waals surface area contributed by atoms with Crippen molar-refractivity contribution >= 4 is 15.7 Å². The molecule has 0 radical (unpaired) electrons. The lowest BCUT2D eigenvalue weighted by Gasteiger charge is -2.08. The highest BCUT2D eigenvalue weighted by Crippen LogP contribution is 2.30. The van der Waals surface area contributed by atoms with Gasteiger partial charge in [-0.05, 0) is 24.3 Å². The standard InChI is InChI=1S/C10H8F3N3O2S/c11-10(12,13)19(17,18)8-3-1-7(2-4-8)16-6-5-9(14)15-16/h1-6H,(H2,14,15). The van der Waals surface area contributed by atoms with Crippen molar-refractivity contribution in [2.45, 2.75) is 10.4 Å². The van der Waals surface area contributed by atoms with Crippen LogP contribution in [-0.2, 0) is 9.84 Å². The Morgan fingerprint density at radius 1 is 1.11 bits per heavy atom. The number of nitrogen functional groups attached to an aromatic ring is 1. The molecule has 0 amide bonds. The summed E-state index contributed by atoms with van der Waals surface area (Å²) in [4.78, 5) is -0.816. The highest BCUT2D eigenvalue weighted by atomic mass is 32.2. The Labute approximate surface area is 106 Å². The Hall–Kier alpha value is -2.03. The lowest BCUT2D eigenvalue weighted by atomic mass is 10.3. The van der Waals surface area contributed by atoms with Crippen LogP contribution in [0.1, 0.15) is 0 Å². The predicted octanol–water partition coefficient (Wildman–Crippen LogP) is 1.75. The van der Waals surface area contributed by atoms with Gasteiger partial charge in [-0.2, -0.15) is 18.3 Å². The molecule has 1 aromatic carbocycles. The van der Waals surface area contributed by atoms with Crippen LogP contribution in [0.2, 0.25) is 0 Å². The molecule has 0 atom stereocenters. The molecule has 0 unspecified atom stereocenters. The van der Waals surface area contributed by atoms with E-state index in [1.165, 1.54) is 29.1 Å². The summed E-state index contributed by atoms with van der Waals surface area (Å²) in [6.45, 7) is 0. The lowest BCUT2D eigenvalue weighted by Crippen LogP contribution is -2.23. The Balaban J connectivity index is 2.40. The fourth-order valence-corrected chi connectivity index (χ4v) is 2.16. The van der Waals surface area contributed by atoms with E-state index in [4.69, 9.17) is 5.73 Å². The summed E-state index contributed by atoms with van der Waals surface area (Å²) in [5.74, 6) is 0.243. The van der Waals surface area contributed by atoms with Crippen molar-refractivity contribution < 1.29 is 21.6 Å². The van der Waals surface area contributed by atoms with Gasteiger partial charge in [0.05, 0.1) is 10.6 Å². The van der Waals surface area contributed by atoms with Gasteiger partial charge in [0.2, 0.25) is 0 Å². The first-order valence-corrected chi connectivity index (χ1v) is 6.43. The Bertz CT molecular complexity index is 690. The number of alkyl halides is 3. The monoisotopic (exact) mass is 291 g/mol. The van der Waals surface area contributed by atoms with Crippen molar-refractivity contribution in [2.75, 3.05) is 5.73 Å².